The molecule has 2 fully saturated rings. The summed E-state index contributed by atoms with van der Waals surface area (Å²) in [4.78, 5) is 48.9. The van der Waals surface area contributed by atoms with Gasteiger partial charge in [-0.05, 0) is 117 Å². The molecular weight excluding hydrogens is 776 g/mol. The molecule has 4 aliphatic rings. The summed E-state index contributed by atoms with van der Waals surface area (Å²) in [6.07, 6.45) is 9.53. The number of amidine groups is 1. The fourth-order valence-corrected chi connectivity index (χ4v) is 10.1. The van der Waals surface area contributed by atoms with E-state index in [-0.39, 0.29) is 36.4 Å². The maximum absolute atomic E-state index is 15.3. The van der Waals surface area contributed by atoms with Crippen molar-refractivity contribution in [1.29, 1.82) is 0 Å². The highest BCUT2D eigenvalue weighted by atomic mass is 19.1. The zero-order valence-corrected chi connectivity index (χ0v) is 34.3. The number of hydrogen-bond acceptors (Lipinski definition) is 7. The molecule has 7 aromatic rings. The first-order valence-electron chi connectivity index (χ1n) is 21.0. The average molecular weight is 821 g/mol. The van der Waals surface area contributed by atoms with Gasteiger partial charge in [0.25, 0.3) is 5.91 Å². The molecule has 1 N–H and O–H groups in total. The lowest BCUT2D eigenvalue weighted by Crippen LogP contribution is -2.54. The zero-order valence-electron chi connectivity index (χ0n) is 34.3. The maximum Gasteiger partial charge on any atom is 0.337 e. The van der Waals surface area contributed by atoms with Gasteiger partial charge in [-0.15, -0.1) is 0 Å². The van der Waals surface area contributed by atoms with E-state index in [2.05, 4.69) is 38.2 Å². The monoisotopic (exact) mass is 820 g/mol. The Bertz CT molecular complexity index is 3040. The first-order chi connectivity index (χ1) is 29.6. The number of hydrogen-bond donors (Lipinski definition) is 1. The lowest BCUT2D eigenvalue weighted by atomic mass is 9.75. The topological polar surface area (TPSA) is 138 Å². The minimum Gasteiger partial charge on any atom is -0.381 e. The van der Waals surface area contributed by atoms with Gasteiger partial charge in [-0.25, -0.2) is 9.18 Å². The van der Waals surface area contributed by atoms with Gasteiger partial charge in [0.1, 0.15) is 40.8 Å². The molecule has 1 aliphatic carbocycles. The van der Waals surface area contributed by atoms with E-state index in [1.54, 1.807) is 58.4 Å². The molecule has 3 aromatic carbocycles. The second-order valence-electron chi connectivity index (χ2n) is 17.0. The van der Waals surface area contributed by atoms with Gasteiger partial charge in [0.15, 0.2) is 0 Å². The van der Waals surface area contributed by atoms with E-state index < -0.39 is 5.54 Å². The lowest BCUT2D eigenvalue weighted by Gasteiger charge is -2.44. The number of rotatable bonds is 7. The van der Waals surface area contributed by atoms with Crippen molar-refractivity contribution in [3.05, 3.63) is 118 Å². The number of nitrogens with zero attached hydrogens (tertiary/aromatic N) is 9. The van der Waals surface area contributed by atoms with Gasteiger partial charge >= 0.3 is 5.69 Å². The Morgan fingerprint density at radius 2 is 1.69 bits per heavy atom. The molecule has 7 heterocycles. The average Bonchev–Trinajstić information content (AvgIpc) is 4.10. The van der Waals surface area contributed by atoms with E-state index >= 15 is 9.18 Å². The van der Waals surface area contributed by atoms with Crippen molar-refractivity contribution in [2.75, 3.05) is 26.3 Å². The molecule has 0 atom stereocenters. The van der Waals surface area contributed by atoms with Gasteiger partial charge in [0.05, 0.1) is 36.2 Å². The van der Waals surface area contributed by atoms with Gasteiger partial charge < -0.3 is 19.5 Å². The molecule has 3 aliphatic heterocycles. The van der Waals surface area contributed by atoms with Crippen LogP contribution in [-0.4, -0.2) is 82.1 Å². The number of halogens is 1. The predicted molar refractivity (Wildman–Crippen MR) is 228 cm³/mol. The number of aryl methyl sites for hydroxylation is 3. The first kappa shape index (κ1) is 37.4. The molecule has 1 saturated carbocycles. The van der Waals surface area contributed by atoms with Crippen LogP contribution in [0.25, 0.3) is 44.4 Å². The number of carbonyl (C=O) groups is 2. The molecule has 2 amide bonds. The normalized spacial score (nSPS) is 17.8. The fraction of sp³-hybridized carbons (Fsp3) is 0.348. The quantitative estimate of drug-likeness (QED) is 0.208. The third kappa shape index (κ3) is 5.84. The summed E-state index contributed by atoms with van der Waals surface area (Å²) in [5, 5.41) is 14.3. The fourth-order valence-electron chi connectivity index (χ4n) is 10.1. The Morgan fingerprint density at radius 1 is 0.918 bits per heavy atom. The van der Waals surface area contributed by atoms with Gasteiger partial charge in [0, 0.05) is 61.1 Å². The Morgan fingerprint density at radius 3 is 2.43 bits per heavy atom. The van der Waals surface area contributed by atoms with Crippen LogP contribution in [0.1, 0.15) is 70.9 Å². The van der Waals surface area contributed by atoms with E-state index in [1.807, 2.05) is 40.9 Å². The summed E-state index contributed by atoms with van der Waals surface area (Å²) in [5.74, 6) is 0.389. The summed E-state index contributed by atoms with van der Waals surface area (Å²) in [6.45, 7) is 5.88. The van der Waals surface area contributed by atoms with Crippen molar-refractivity contribution in [3.8, 4) is 22.6 Å². The van der Waals surface area contributed by atoms with Crippen LogP contribution in [0.2, 0.25) is 0 Å². The number of benzene rings is 3. The van der Waals surface area contributed by atoms with Crippen molar-refractivity contribution in [1.82, 2.24) is 43.5 Å². The minimum absolute atomic E-state index is 0.0704. The van der Waals surface area contributed by atoms with Crippen LogP contribution >= 0.6 is 0 Å². The number of fused-ring (bicyclic) bond motifs is 3. The standard InChI is InChI=1S/C46H45FN10O4/c1-27-19-32(20-28(2)40(27)47)41-42(55-15-14-54(45(55)60)34-6-8-35-33(22-34)24-49-52(35)3)38-26-53(13-16-56(38)51-41)43(59)37-23-31-21-30(29-9-17-61-18-10-29)5-7-36(31)57(37)46(11-4-12-46)44-48-25-39(58)50-44/h5-8,14-15,19-24,29H,4,9-13,16-18,25-26H2,1-3H3,(H,48,50,58). The Hall–Kier alpha value is -6.61. The summed E-state index contributed by atoms with van der Waals surface area (Å²) in [6, 6.07) is 17.8. The first-order valence-corrected chi connectivity index (χ1v) is 21.0. The highest BCUT2D eigenvalue weighted by molar-refractivity contribution is 6.09. The highest BCUT2D eigenvalue weighted by Gasteiger charge is 2.48. The number of aromatic nitrogens is 7. The van der Waals surface area contributed by atoms with Gasteiger partial charge in [-0.3, -0.25) is 33.1 Å². The zero-order chi connectivity index (χ0) is 41.7. The second-order valence-corrected chi connectivity index (χ2v) is 17.0. The molecule has 61 heavy (non-hydrogen) atoms. The van der Waals surface area contributed by atoms with E-state index in [4.69, 9.17) is 9.84 Å². The van der Waals surface area contributed by atoms with Crippen molar-refractivity contribution in [3.63, 3.8) is 0 Å². The molecule has 0 radical (unpaired) electrons. The summed E-state index contributed by atoms with van der Waals surface area (Å²) in [7, 11) is 1.88. The number of ether oxygens (including phenoxy) is 1. The van der Waals surface area contributed by atoms with E-state index in [0.29, 0.717) is 70.0 Å². The molecule has 11 rings (SSSR count). The number of imidazole rings is 1. The van der Waals surface area contributed by atoms with Crippen LogP contribution in [0.3, 0.4) is 0 Å². The summed E-state index contributed by atoms with van der Waals surface area (Å²) in [5.41, 5.74) is 6.68. The predicted octanol–water partition coefficient (Wildman–Crippen LogP) is 6.05. The SMILES string of the molecule is Cc1cc(-c2nn3c(c2-n2ccn(-c4ccc5c(cnn5C)c4)c2=O)CN(C(=O)c2cc4cc(C5CCOCC5)ccc4n2C2(C4=NCC(=O)N4)CCC2)CC3)cc(C)c1F. The van der Waals surface area contributed by atoms with Crippen LogP contribution in [0.15, 0.2) is 83.0 Å². The third-order valence-corrected chi connectivity index (χ3v) is 13.4. The van der Waals surface area contributed by atoms with Gasteiger partial charge in [0.2, 0.25) is 5.91 Å². The molecule has 4 aromatic heterocycles. The molecule has 0 unspecified atom stereocenters. The second kappa shape index (κ2) is 14.0. The number of aliphatic imine (C=N–C) groups is 1. The van der Waals surface area contributed by atoms with Crippen molar-refractivity contribution in [2.45, 2.75) is 70.5 Å². The number of nitrogens with one attached hydrogen (secondary N) is 1. The van der Waals surface area contributed by atoms with Crippen LogP contribution < -0.4 is 11.0 Å². The molecule has 0 spiro atoms. The Kier molecular flexibility index (Phi) is 8.57. The molecule has 1 saturated heterocycles. The molecule has 0 bridgehead atoms. The number of amides is 2. The maximum atomic E-state index is 15.3. The highest BCUT2D eigenvalue weighted by Crippen LogP contribution is 2.45. The smallest absolute Gasteiger partial charge is 0.337 e. The van der Waals surface area contributed by atoms with Crippen LogP contribution in [0.4, 0.5) is 4.39 Å². The molecular formula is C46H45FN10O4. The largest absolute Gasteiger partial charge is 0.381 e. The van der Waals surface area contributed by atoms with Crippen molar-refractivity contribution < 1.29 is 18.7 Å². The summed E-state index contributed by atoms with van der Waals surface area (Å²) >= 11 is 0. The molecule has 15 heteroatoms. The van der Waals surface area contributed by atoms with Crippen LogP contribution in [0, 0.1) is 19.7 Å². The van der Waals surface area contributed by atoms with Crippen molar-refractivity contribution >= 4 is 39.5 Å². The van der Waals surface area contributed by atoms with Gasteiger partial charge in [-0.2, -0.15) is 10.2 Å². The Balaban J connectivity index is 1.03. The van der Waals surface area contributed by atoms with Crippen LogP contribution in [-0.2, 0) is 35.2 Å². The lowest BCUT2D eigenvalue weighted by molar-refractivity contribution is -0.117. The molecule has 14 nitrogen and oxygen atoms in total. The van der Waals surface area contributed by atoms with E-state index in [9.17, 15) is 9.59 Å². The van der Waals surface area contributed by atoms with E-state index in [0.717, 1.165) is 67.1 Å². The van der Waals surface area contributed by atoms with Crippen molar-refractivity contribution in [2.24, 2.45) is 12.0 Å². The minimum atomic E-state index is -0.664. The third-order valence-electron chi connectivity index (χ3n) is 13.4. The van der Waals surface area contributed by atoms with Gasteiger partial charge in [-0.1, -0.05) is 6.07 Å². The summed E-state index contributed by atoms with van der Waals surface area (Å²) < 4.78 is 29.7. The number of carbonyl (C=O) groups excluding carboxylic acids is 2. The van der Waals surface area contributed by atoms with Crippen LogP contribution in [0.5, 0.6) is 0 Å². The Labute approximate surface area is 349 Å². The van der Waals surface area contributed by atoms with E-state index in [1.165, 1.54) is 5.56 Å². The molecule has 310 valence electrons.